The van der Waals surface area contributed by atoms with Crippen LogP contribution in [0.1, 0.15) is 24.2 Å². The van der Waals surface area contributed by atoms with Gasteiger partial charge in [0.05, 0.1) is 18.1 Å². The smallest absolute Gasteiger partial charge is 0.119 e. The normalized spacial score (nSPS) is 12.4. The Hall–Kier alpha value is -3.07. The number of para-hydroxylation sites is 2. The zero-order valence-electron chi connectivity index (χ0n) is 15.1. The van der Waals surface area contributed by atoms with Crippen molar-refractivity contribution < 1.29 is 4.74 Å². The fourth-order valence-corrected chi connectivity index (χ4v) is 3.53. The maximum Gasteiger partial charge on any atom is 0.119 e. The minimum Gasteiger partial charge on any atom is -0.497 e. The molecule has 1 aromatic heterocycles. The number of aromatic nitrogens is 2. The van der Waals surface area contributed by atoms with Crippen molar-refractivity contribution in [1.29, 1.82) is 0 Å². The Labute approximate surface area is 153 Å². The molecule has 0 amide bonds. The SMILES string of the molecule is C=CCn1c(C(C)c2ccc3cc(OC)ccc3c2)nc2ccccc21. The Balaban J connectivity index is 1.81. The summed E-state index contributed by atoms with van der Waals surface area (Å²) in [4.78, 5) is 4.91. The van der Waals surface area contributed by atoms with E-state index in [4.69, 9.17) is 9.72 Å². The van der Waals surface area contributed by atoms with E-state index in [0.717, 1.165) is 29.2 Å². The third-order valence-corrected chi connectivity index (χ3v) is 4.95. The van der Waals surface area contributed by atoms with Crippen molar-refractivity contribution in [3.63, 3.8) is 0 Å². The van der Waals surface area contributed by atoms with E-state index in [-0.39, 0.29) is 5.92 Å². The molecular weight excluding hydrogens is 320 g/mol. The van der Waals surface area contributed by atoms with Gasteiger partial charge in [0.2, 0.25) is 0 Å². The van der Waals surface area contributed by atoms with Gasteiger partial charge >= 0.3 is 0 Å². The summed E-state index contributed by atoms with van der Waals surface area (Å²) in [5.74, 6) is 2.14. The van der Waals surface area contributed by atoms with Crippen molar-refractivity contribution in [2.24, 2.45) is 0 Å². The Morgan fingerprint density at radius 1 is 1.08 bits per heavy atom. The minimum atomic E-state index is 0.189. The van der Waals surface area contributed by atoms with Crippen LogP contribution in [0.3, 0.4) is 0 Å². The average molecular weight is 342 g/mol. The quantitative estimate of drug-likeness (QED) is 0.446. The van der Waals surface area contributed by atoms with Gasteiger partial charge in [-0.1, -0.05) is 49.4 Å². The number of methoxy groups -OCH3 is 1. The highest BCUT2D eigenvalue weighted by Gasteiger charge is 2.18. The third-order valence-electron chi connectivity index (χ3n) is 4.95. The van der Waals surface area contributed by atoms with E-state index in [2.05, 4.69) is 66.6 Å². The molecule has 3 heteroatoms. The predicted octanol–water partition coefficient (Wildman–Crippen LogP) is 5.54. The van der Waals surface area contributed by atoms with Gasteiger partial charge in [0.15, 0.2) is 0 Å². The van der Waals surface area contributed by atoms with Gasteiger partial charge < -0.3 is 9.30 Å². The third kappa shape index (κ3) is 2.76. The van der Waals surface area contributed by atoms with E-state index >= 15 is 0 Å². The number of hydrogen-bond acceptors (Lipinski definition) is 2. The second kappa shape index (κ2) is 6.68. The second-order valence-electron chi connectivity index (χ2n) is 6.55. The maximum absolute atomic E-state index is 5.32. The number of fused-ring (bicyclic) bond motifs is 2. The van der Waals surface area contributed by atoms with E-state index in [1.165, 1.54) is 16.3 Å². The second-order valence-corrected chi connectivity index (χ2v) is 6.55. The van der Waals surface area contributed by atoms with Crippen molar-refractivity contribution in [2.45, 2.75) is 19.4 Å². The average Bonchev–Trinajstić information content (AvgIpc) is 3.05. The monoisotopic (exact) mass is 342 g/mol. The van der Waals surface area contributed by atoms with Crippen molar-refractivity contribution >= 4 is 21.8 Å². The molecule has 0 saturated carbocycles. The first-order valence-electron chi connectivity index (χ1n) is 8.85. The summed E-state index contributed by atoms with van der Waals surface area (Å²) < 4.78 is 7.58. The first-order chi connectivity index (χ1) is 12.7. The lowest BCUT2D eigenvalue weighted by Gasteiger charge is -2.15. The van der Waals surface area contributed by atoms with Crippen LogP contribution in [0, 0.1) is 0 Å². The highest BCUT2D eigenvalue weighted by molar-refractivity contribution is 5.85. The number of benzene rings is 3. The van der Waals surface area contributed by atoms with Crippen LogP contribution in [-0.2, 0) is 6.54 Å². The van der Waals surface area contributed by atoms with Crippen molar-refractivity contribution in [1.82, 2.24) is 9.55 Å². The predicted molar refractivity (Wildman–Crippen MR) is 108 cm³/mol. The molecule has 1 atom stereocenters. The molecule has 0 aliphatic carbocycles. The molecule has 0 saturated heterocycles. The van der Waals surface area contributed by atoms with Crippen molar-refractivity contribution in [2.75, 3.05) is 7.11 Å². The van der Waals surface area contributed by atoms with Gasteiger partial charge in [-0.3, -0.25) is 0 Å². The summed E-state index contributed by atoms with van der Waals surface area (Å²) in [6.45, 7) is 6.88. The summed E-state index contributed by atoms with van der Waals surface area (Å²) in [5.41, 5.74) is 3.43. The fourth-order valence-electron chi connectivity index (χ4n) is 3.53. The van der Waals surface area contributed by atoms with Crippen LogP contribution < -0.4 is 4.74 Å². The van der Waals surface area contributed by atoms with Gasteiger partial charge in [-0.2, -0.15) is 0 Å². The molecule has 1 unspecified atom stereocenters. The summed E-state index contributed by atoms with van der Waals surface area (Å²) in [6, 6.07) is 21.0. The summed E-state index contributed by atoms with van der Waals surface area (Å²) in [5, 5.41) is 2.39. The molecule has 0 bridgehead atoms. The molecule has 0 aliphatic heterocycles. The van der Waals surface area contributed by atoms with Gasteiger partial charge in [0.1, 0.15) is 11.6 Å². The number of allylic oxidation sites excluding steroid dienone is 1. The Morgan fingerprint density at radius 3 is 2.65 bits per heavy atom. The number of imidazole rings is 1. The van der Waals surface area contributed by atoms with Gasteiger partial charge in [0, 0.05) is 12.5 Å². The summed E-state index contributed by atoms with van der Waals surface area (Å²) in [7, 11) is 1.70. The number of hydrogen-bond donors (Lipinski definition) is 0. The van der Waals surface area contributed by atoms with Crippen LogP contribution in [-0.4, -0.2) is 16.7 Å². The molecule has 3 aromatic carbocycles. The van der Waals surface area contributed by atoms with Crippen LogP contribution in [0.15, 0.2) is 73.3 Å². The first-order valence-corrected chi connectivity index (χ1v) is 8.85. The molecule has 26 heavy (non-hydrogen) atoms. The Morgan fingerprint density at radius 2 is 1.85 bits per heavy atom. The summed E-state index contributed by atoms with van der Waals surface area (Å²) in [6.07, 6.45) is 1.93. The van der Waals surface area contributed by atoms with Crippen molar-refractivity contribution in [3.8, 4) is 5.75 Å². The van der Waals surface area contributed by atoms with Crippen LogP contribution in [0.5, 0.6) is 5.75 Å². The molecule has 0 radical (unpaired) electrons. The molecule has 1 heterocycles. The standard InChI is InChI=1S/C23H22N2O/c1-4-13-25-22-8-6-5-7-21(22)24-23(25)16(2)17-9-10-19-15-20(26-3)12-11-18(19)14-17/h4-12,14-16H,1,13H2,2-3H3. The lowest BCUT2D eigenvalue weighted by molar-refractivity contribution is 0.415. The Bertz CT molecular complexity index is 1090. The molecule has 0 fully saturated rings. The first kappa shape index (κ1) is 16.4. The lowest BCUT2D eigenvalue weighted by atomic mass is 9.97. The minimum absolute atomic E-state index is 0.189. The molecular formula is C23H22N2O. The maximum atomic E-state index is 5.32. The lowest BCUT2D eigenvalue weighted by Crippen LogP contribution is -2.07. The molecule has 0 aliphatic rings. The molecule has 0 spiro atoms. The highest BCUT2D eigenvalue weighted by Crippen LogP contribution is 2.30. The zero-order chi connectivity index (χ0) is 18.1. The Kier molecular flexibility index (Phi) is 4.21. The highest BCUT2D eigenvalue weighted by atomic mass is 16.5. The fraction of sp³-hybridized carbons (Fsp3) is 0.174. The molecule has 4 aromatic rings. The molecule has 4 rings (SSSR count). The van der Waals surface area contributed by atoms with E-state index in [0.29, 0.717) is 0 Å². The van der Waals surface area contributed by atoms with E-state index in [9.17, 15) is 0 Å². The zero-order valence-corrected chi connectivity index (χ0v) is 15.1. The van der Waals surface area contributed by atoms with Crippen LogP contribution in [0.25, 0.3) is 21.8 Å². The van der Waals surface area contributed by atoms with Gasteiger partial charge in [0.25, 0.3) is 0 Å². The van der Waals surface area contributed by atoms with Gasteiger partial charge in [-0.05, 0) is 40.6 Å². The summed E-state index contributed by atoms with van der Waals surface area (Å²) >= 11 is 0. The molecule has 130 valence electrons. The van der Waals surface area contributed by atoms with Gasteiger partial charge in [-0.15, -0.1) is 6.58 Å². The number of nitrogens with zero attached hydrogens (tertiary/aromatic N) is 2. The molecule has 0 N–H and O–H groups in total. The largest absolute Gasteiger partial charge is 0.497 e. The van der Waals surface area contributed by atoms with Crippen molar-refractivity contribution in [3.05, 3.63) is 84.7 Å². The van der Waals surface area contributed by atoms with Crippen LogP contribution in [0.2, 0.25) is 0 Å². The van der Waals surface area contributed by atoms with E-state index < -0.39 is 0 Å². The number of ether oxygens (including phenoxy) is 1. The number of rotatable bonds is 5. The topological polar surface area (TPSA) is 27.1 Å². The van der Waals surface area contributed by atoms with Crippen LogP contribution >= 0.6 is 0 Å². The van der Waals surface area contributed by atoms with E-state index in [1.54, 1.807) is 7.11 Å². The van der Waals surface area contributed by atoms with E-state index in [1.807, 2.05) is 18.2 Å². The van der Waals surface area contributed by atoms with Crippen LogP contribution in [0.4, 0.5) is 0 Å². The van der Waals surface area contributed by atoms with Gasteiger partial charge in [-0.25, -0.2) is 4.98 Å². The molecule has 3 nitrogen and oxygen atoms in total.